The first-order valence-corrected chi connectivity index (χ1v) is 13.9. The van der Waals surface area contributed by atoms with Gasteiger partial charge in [0, 0.05) is 29.0 Å². The van der Waals surface area contributed by atoms with Crippen LogP contribution in [0.4, 0.5) is 5.82 Å². The number of fused-ring (bicyclic) bond motifs is 1. The molecule has 4 rings (SSSR count). The van der Waals surface area contributed by atoms with Crippen LogP contribution in [0.5, 0.6) is 0 Å². The van der Waals surface area contributed by atoms with Gasteiger partial charge in [-0.3, -0.25) is 14.5 Å². The van der Waals surface area contributed by atoms with Crippen molar-refractivity contribution < 1.29 is 14.3 Å². The molecule has 1 fully saturated rings. The highest BCUT2D eigenvalue weighted by Gasteiger charge is 2.41. The zero-order valence-corrected chi connectivity index (χ0v) is 22.6. The molecule has 2 unspecified atom stereocenters. The summed E-state index contributed by atoms with van der Waals surface area (Å²) in [5.74, 6) is 0.819. The topological polar surface area (TPSA) is 76.5 Å². The van der Waals surface area contributed by atoms with E-state index in [1.54, 1.807) is 28.0 Å². The maximum atomic E-state index is 13.5. The Morgan fingerprint density at radius 2 is 2.03 bits per heavy atom. The van der Waals surface area contributed by atoms with Crippen LogP contribution in [-0.2, 0) is 25.3 Å². The van der Waals surface area contributed by atoms with E-state index in [-0.39, 0.29) is 40.7 Å². The van der Waals surface area contributed by atoms with Crippen LogP contribution in [0.2, 0.25) is 0 Å². The van der Waals surface area contributed by atoms with E-state index < -0.39 is 0 Å². The van der Waals surface area contributed by atoms with Crippen molar-refractivity contribution in [3.8, 4) is 0 Å². The Hall–Kier alpha value is -1.84. The van der Waals surface area contributed by atoms with Crippen LogP contribution < -0.4 is 10.2 Å². The van der Waals surface area contributed by atoms with Gasteiger partial charge in [0.25, 0.3) is 0 Å². The van der Waals surface area contributed by atoms with Crippen molar-refractivity contribution in [1.82, 2.24) is 15.1 Å². The summed E-state index contributed by atoms with van der Waals surface area (Å²) in [6.45, 7) is 13.9. The zero-order chi connectivity index (χ0) is 24.7. The number of nitrogens with zero attached hydrogens (tertiary/aromatic N) is 3. The summed E-state index contributed by atoms with van der Waals surface area (Å²) < 4.78 is 7.60. The predicted molar refractivity (Wildman–Crippen MR) is 139 cm³/mol. The molecular formula is C25H36N4O3S2. The molecule has 0 aliphatic carbocycles. The normalized spacial score (nSPS) is 21.5. The van der Waals surface area contributed by atoms with Crippen LogP contribution in [0, 0.1) is 0 Å². The largest absolute Gasteiger partial charge is 0.376 e. The van der Waals surface area contributed by atoms with E-state index in [9.17, 15) is 9.59 Å². The number of anilines is 1. The average Bonchev–Trinajstić information content (AvgIpc) is 3.49. The second kappa shape index (κ2) is 9.66. The number of ether oxygens (including phenoxy) is 1. The fourth-order valence-corrected chi connectivity index (χ4v) is 6.61. The monoisotopic (exact) mass is 504 g/mol. The van der Waals surface area contributed by atoms with Crippen molar-refractivity contribution in [2.75, 3.05) is 30.3 Å². The van der Waals surface area contributed by atoms with Gasteiger partial charge in [0.15, 0.2) is 0 Å². The van der Waals surface area contributed by atoms with Gasteiger partial charge in [0.05, 0.1) is 28.3 Å². The van der Waals surface area contributed by atoms with Gasteiger partial charge < -0.3 is 10.1 Å². The maximum absolute atomic E-state index is 13.5. The molecule has 2 aromatic heterocycles. The predicted octanol–water partition coefficient (Wildman–Crippen LogP) is 4.46. The number of thioether (sulfide) groups is 1. The molecule has 0 bridgehead atoms. The molecule has 2 amide bonds. The highest BCUT2D eigenvalue weighted by atomic mass is 32.2. The van der Waals surface area contributed by atoms with Crippen molar-refractivity contribution in [2.24, 2.45) is 0 Å². The first kappa shape index (κ1) is 25.3. The number of amides is 2. The van der Waals surface area contributed by atoms with Gasteiger partial charge in [0.2, 0.25) is 11.8 Å². The van der Waals surface area contributed by atoms with Crippen LogP contribution >= 0.6 is 23.1 Å². The number of rotatable bonds is 5. The van der Waals surface area contributed by atoms with Crippen molar-refractivity contribution in [1.29, 1.82) is 0 Å². The smallest absolute Gasteiger partial charge is 0.240 e. The highest BCUT2D eigenvalue weighted by molar-refractivity contribution is 8.00. The average molecular weight is 505 g/mol. The van der Waals surface area contributed by atoms with E-state index in [0.29, 0.717) is 12.3 Å². The lowest BCUT2D eigenvalue weighted by molar-refractivity contribution is -0.123. The zero-order valence-electron chi connectivity index (χ0n) is 21.0. The molecule has 1 saturated heterocycles. The Kier molecular flexibility index (Phi) is 7.18. The lowest BCUT2D eigenvalue weighted by Crippen LogP contribution is -2.45. The molecule has 2 aromatic rings. The molecule has 0 spiro atoms. The molecule has 7 nitrogen and oxygen atoms in total. The molecule has 2 aliphatic rings. The Balaban J connectivity index is 1.78. The van der Waals surface area contributed by atoms with Crippen molar-refractivity contribution in [2.45, 2.75) is 76.7 Å². The number of aromatic nitrogens is 2. The van der Waals surface area contributed by atoms with Crippen molar-refractivity contribution >= 4 is 40.7 Å². The van der Waals surface area contributed by atoms with E-state index in [1.807, 2.05) is 10.7 Å². The van der Waals surface area contributed by atoms with E-state index in [0.717, 1.165) is 36.5 Å². The molecule has 2 aliphatic heterocycles. The van der Waals surface area contributed by atoms with Crippen LogP contribution in [0.1, 0.15) is 75.8 Å². The molecule has 9 heteroatoms. The molecule has 34 heavy (non-hydrogen) atoms. The SMILES string of the molecule is CC(C)(C)c1nn(C(C)(C)C)c2c1C(c1cccs1)SCC(=O)N2CC(=O)NCC1CCCO1. The summed E-state index contributed by atoms with van der Waals surface area (Å²) >= 11 is 3.32. The molecule has 0 aromatic carbocycles. The minimum atomic E-state index is -0.366. The molecule has 0 radical (unpaired) electrons. The third-order valence-electron chi connectivity index (χ3n) is 6.09. The second-order valence-electron chi connectivity index (χ2n) is 11.0. The van der Waals surface area contributed by atoms with Gasteiger partial charge in [0.1, 0.15) is 12.4 Å². The molecule has 186 valence electrons. The third kappa shape index (κ3) is 5.21. The number of carbonyl (C=O) groups is 2. The third-order valence-corrected chi connectivity index (χ3v) is 8.41. The second-order valence-corrected chi connectivity index (χ2v) is 13.1. The molecule has 1 N–H and O–H groups in total. The van der Waals surface area contributed by atoms with Crippen LogP contribution in [0.3, 0.4) is 0 Å². The first-order valence-electron chi connectivity index (χ1n) is 11.9. The quantitative estimate of drug-likeness (QED) is 0.651. The Labute approximate surface area is 210 Å². The van der Waals surface area contributed by atoms with Gasteiger partial charge in [-0.1, -0.05) is 26.8 Å². The summed E-state index contributed by atoms with van der Waals surface area (Å²) in [5, 5.41) is 10.1. The van der Waals surface area contributed by atoms with Gasteiger partial charge in [-0.2, -0.15) is 5.10 Å². The highest BCUT2D eigenvalue weighted by Crippen LogP contribution is 2.49. The summed E-state index contributed by atoms with van der Waals surface area (Å²) in [7, 11) is 0. The van der Waals surface area contributed by atoms with E-state index in [1.165, 1.54) is 4.88 Å². The van der Waals surface area contributed by atoms with Crippen LogP contribution in [0.15, 0.2) is 17.5 Å². The fraction of sp³-hybridized carbons (Fsp3) is 0.640. The summed E-state index contributed by atoms with van der Waals surface area (Å²) in [5.41, 5.74) is 1.43. The van der Waals surface area contributed by atoms with E-state index >= 15 is 0 Å². The lowest BCUT2D eigenvalue weighted by Gasteiger charge is -2.29. The van der Waals surface area contributed by atoms with Crippen LogP contribution in [-0.4, -0.2) is 53.1 Å². The number of nitrogens with one attached hydrogen (secondary N) is 1. The van der Waals surface area contributed by atoms with Gasteiger partial charge in [-0.25, -0.2) is 4.68 Å². The summed E-state index contributed by atoms with van der Waals surface area (Å²) in [4.78, 5) is 29.4. The number of hydrogen-bond donors (Lipinski definition) is 1. The molecule has 2 atom stereocenters. The number of hydrogen-bond acceptors (Lipinski definition) is 6. The fourth-order valence-electron chi connectivity index (χ4n) is 4.44. The van der Waals surface area contributed by atoms with Crippen molar-refractivity contribution in [3.63, 3.8) is 0 Å². The van der Waals surface area contributed by atoms with E-state index in [4.69, 9.17) is 9.84 Å². The van der Waals surface area contributed by atoms with Crippen molar-refractivity contribution in [3.05, 3.63) is 33.6 Å². The molecular weight excluding hydrogens is 468 g/mol. The van der Waals surface area contributed by atoms with Gasteiger partial charge >= 0.3 is 0 Å². The Morgan fingerprint density at radius 1 is 1.26 bits per heavy atom. The molecule has 4 heterocycles. The maximum Gasteiger partial charge on any atom is 0.240 e. The summed E-state index contributed by atoms with van der Waals surface area (Å²) in [6, 6.07) is 4.18. The molecule has 0 saturated carbocycles. The lowest BCUT2D eigenvalue weighted by atomic mass is 9.88. The Bertz CT molecular complexity index is 1030. The van der Waals surface area contributed by atoms with Gasteiger partial charge in [-0.05, 0) is 45.1 Å². The van der Waals surface area contributed by atoms with Gasteiger partial charge in [-0.15, -0.1) is 23.1 Å². The number of carbonyl (C=O) groups excluding carboxylic acids is 2. The van der Waals surface area contributed by atoms with E-state index in [2.05, 4.69) is 58.3 Å². The Morgan fingerprint density at radius 3 is 2.62 bits per heavy atom. The number of thiophene rings is 1. The standard InChI is InChI=1S/C25H36N4O3S2/c1-24(2,3)22-20-21(17-10-8-12-33-17)34-15-19(31)28(23(20)29(27-22)25(4,5)6)14-18(30)26-13-16-9-7-11-32-16/h8,10,12,16,21H,7,9,11,13-15H2,1-6H3,(H,26,30). The minimum absolute atomic E-state index is 0.00998. The van der Waals surface area contributed by atoms with Crippen LogP contribution in [0.25, 0.3) is 0 Å². The first-order chi connectivity index (χ1) is 16.0. The summed E-state index contributed by atoms with van der Waals surface area (Å²) in [6.07, 6.45) is 2.04. The minimum Gasteiger partial charge on any atom is -0.376 e.